The number of anilines is 2. The van der Waals surface area contributed by atoms with Crippen molar-refractivity contribution in [2.45, 2.75) is 13.1 Å². The molecule has 49 heavy (non-hydrogen) atoms. The van der Waals surface area contributed by atoms with Crippen molar-refractivity contribution >= 4 is 23.2 Å². The van der Waals surface area contributed by atoms with Crippen LogP contribution in [0.25, 0.3) is 16.8 Å². The standard InChI is InChI=1S/C37H34F3N5O4/c1-3-49-34-6-4-5-26(21-34)28-23-41-45(24-28)32-20-27(19-29(22-32)37(38,39)40)36(47)44-17-15-43(16-18-44)31-11-7-25(8-12-31)35(46)42-30-9-13-33(48-2)14-10-30/h4-14,19-24H,3,15-18H2,1-2H3,(H,42,46). The third-order valence-electron chi connectivity index (χ3n) is 8.23. The lowest BCUT2D eigenvalue weighted by atomic mass is 10.1. The summed E-state index contributed by atoms with van der Waals surface area (Å²) in [7, 11) is 1.57. The molecule has 0 saturated carbocycles. The fraction of sp³-hybridized carbons (Fsp3) is 0.216. The molecule has 2 amide bonds. The Kier molecular flexibility index (Phi) is 9.56. The number of carbonyl (C=O) groups is 2. The number of methoxy groups -OCH3 is 1. The number of hydrogen-bond donors (Lipinski definition) is 1. The monoisotopic (exact) mass is 669 g/mol. The van der Waals surface area contributed by atoms with E-state index in [4.69, 9.17) is 9.47 Å². The minimum atomic E-state index is -4.66. The fourth-order valence-corrected chi connectivity index (χ4v) is 5.63. The molecule has 1 aliphatic heterocycles. The van der Waals surface area contributed by atoms with E-state index in [2.05, 4.69) is 15.3 Å². The number of benzene rings is 4. The van der Waals surface area contributed by atoms with E-state index < -0.39 is 17.6 Å². The van der Waals surface area contributed by atoms with E-state index in [-0.39, 0.29) is 17.2 Å². The number of nitrogens with zero attached hydrogens (tertiary/aromatic N) is 4. The van der Waals surface area contributed by atoms with Gasteiger partial charge in [0.2, 0.25) is 0 Å². The molecule has 0 unspecified atom stereocenters. The summed E-state index contributed by atoms with van der Waals surface area (Å²) in [5, 5.41) is 7.16. The van der Waals surface area contributed by atoms with Crippen LogP contribution in [-0.2, 0) is 6.18 Å². The zero-order valence-electron chi connectivity index (χ0n) is 26.9. The van der Waals surface area contributed by atoms with Crippen molar-refractivity contribution in [2.75, 3.05) is 50.1 Å². The molecule has 0 atom stereocenters. The van der Waals surface area contributed by atoms with E-state index in [1.807, 2.05) is 43.3 Å². The first-order valence-corrected chi connectivity index (χ1v) is 15.7. The first-order valence-electron chi connectivity index (χ1n) is 15.7. The molecule has 1 saturated heterocycles. The summed E-state index contributed by atoms with van der Waals surface area (Å²) >= 11 is 0. The maximum atomic E-state index is 14.0. The lowest BCUT2D eigenvalue weighted by Gasteiger charge is -2.36. The number of hydrogen-bond acceptors (Lipinski definition) is 6. The Bertz CT molecular complexity index is 1930. The number of alkyl halides is 3. The van der Waals surface area contributed by atoms with E-state index in [1.165, 1.54) is 10.7 Å². The van der Waals surface area contributed by atoms with Gasteiger partial charge in [0.25, 0.3) is 11.8 Å². The van der Waals surface area contributed by atoms with Crippen LogP contribution in [0.3, 0.4) is 0 Å². The number of aromatic nitrogens is 2. The molecular weight excluding hydrogens is 635 g/mol. The van der Waals surface area contributed by atoms with Crippen molar-refractivity contribution in [3.8, 4) is 28.3 Å². The SMILES string of the molecule is CCOc1cccc(-c2cnn(-c3cc(C(=O)N4CCN(c5ccc(C(=O)Nc6ccc(OC)cc6)cc5)CC4)cc(C(F)(F)F)c3)c2)c1. The van der Waals surface area contributed by atoms with Crippen molar-refractivity contribution < 1.29 is 32.2 Å². The summed E-state index contributed by atoms with van der Waals surface area (Å²) in [6.07, 6.45) is -1.48. The number of rotatable bonds is 9. The largest absolute Gasteiger partial charge is 0.497 e. The molecule has 2 heterocycles. The van der Waals surface area contributed by atoms with Gasteiger partial charge in [-0.05, 0) is 91.3 Å². The van der Waals surface area contributed by atoms with Crippen molar-refractivity contribution in [3.05, 3.63) is 120 Å². The number of halogens is 3. The molecule has 1 aromatic heterocycles. The molecule has 1 fully saturated rings. The first kappa shape index (κ1) is 33.1. The normalized spacial score (nSPS) is 13.2. The zero-order valence-corrected chi connectivity index (χ0v) is 26.9. The van der Waals surface area contributed by atoms with Crippen molar-refractivity contribution in [2.24, 2.45) is 0 Å². The summed E-state index contributed by atoms with van der Waals surface area (Å²) in [4.78, 5) is 29.9. The highest BCUT2D eigenvalue weighted by Crippen LogP contribution is 2.33. The Morgan fingerprint density at radius 1 is 0.816 bits per heavy atom. The first-order chi connectivity index (χ1) is 23.6. The van der Waals surface area contributed by atoms with Crippen LogP contribution >= 0.6 is 0 Å². The van der Waals surface area contributed by atoms with E-state index in [9.17, 15) is 22.8 Å². The van der Waals surface area contributed by atoms with Crippen LogP contribution in [0.4, 0.5) is 24.5 Å². The molecule has 5 aromatic rings. The summed E-state index contributed by atoms with van der Waals surface area (Å²) in [5.41, 5.74) is 2.60. The van der Waals surface area contributed by atoms with Crippen molar-refractivity contribution in [1.82, 2.24) is 14.7 Å². The van der Waals surface area contributed by atoms with Gasteiger partial charge >= 0.3 is 6.18 Å². The topological polar surface area (TPSA) is 88.9 Å². The van der Waals surface area contributed by atoms with Gasteiger partial charge in [0.15, 0.2) is 0 Å². The zero-order chi connectivity index (χ0) is 34.5. The highest BCUT2D eigenvalue weighted by atomic mass is 19.4. The van der Waals surface area contributed by atoms with Gasteiger partial charge in [-0.1, -0.05) is 12.1 Å². The van der Waals surface area contributed by atoms with Crippen LogP contribution < -0.4 is 19.7 Å². The molecule has 252 valence electrons. The molecule has 1 N–H and O–H groups in total. The Hall–Kier alpha value is -5.78. The van der Waals surface area contributed by atoms with Gasteiger partial charge < -0.3 is 24.6 Å². The molecule has 12 heteroatoms. The highest BCUT2D eigenvalue weighted by Gasteiger charge is 2.33. The Morgan fingerprint density at radius 2 is 1.55 bits per heavy atom. The molecule has 0 bridgehead atoms. The second kappa shape index (κ2) is 14.1. The van der Waals surface area contributed by atoms with Gasteiger partial charge in [0.1, 0.15) is 11.5 Å². The third-order valence-corrected chi connectivity index (χ3v) is 8.23. The highest BCUT2D eigenvalue weighted by molar-refractivity contribution is 6.04. The van der Waals surface area contributed by atoms with Crippen molar-refractivity contribution in [1.29, 1.82) is 0 Å². The maximum absolute atomic E-state index is 14.0. The molecule has 0 spiro atoms. The van der Waals surface area contributed by atoms with Gasteiger partial charge in [-0.2, -0.15) is 18.3 Å². The quantitative estimate of drug-likeness (QED) is 0.179. The summed E-state index contributed by atoms with van der Waals surface area (Å²) in [6, 6.07) is 24.8. The molecule has 0 aliphatic carbocycles. The second-order valence-corrected chi connectivity index (χ2v) is 11.4. The average Bonchev–Trinajstić information content (AvgIpc) is 3.62. The third kappa shape index (κ3) is 7.69. The minimum Gasteiger partial charge on any atom is -0.497 e. The number of piperazine rings is 1. The Morgan fingerprint density at radius 3 is 2.22 bits per heavy atom. The second-order valence-electron chi connectivity index (χ2n) is 11.4. The van der Waals surface area contributed by atoms with E-state index >= 15 is 0 Å². The van der Waals surface area contributed by atoms with Crippen LogP contribution in [-0.4, -0.2) is 66.4 Å². The lowest BCUT2D eigenvalue weighted by molar-refractivity contribution is -0.137. The van der Waals surface area contributed by atoms with Crippen molar-refractivity contribution in [3.63, 3.8) is 0 Å². The average molecular weight is 670 g/mol. The van der Waals surface area contributed by atoms with Gasteiger partial charge in [-0.3, -0.25) is 9.59 Å². The van der Waals surface area contributed by atoms with Crippen LogP contribution in [0.2, 0.25) is 0 Å². The predicted molar refractivity (Wildman–Crippen MR) is 181 cm³/mol. The smallest absolute Gasteiger partial charge is 0.416 e. The molecule has 1 aliphatic rings. The molecule has 6 rings (SSSR count). The van der Waals surface area contributed by atoms with E-state index in [0.717, 1.165) is 23.4 Å². The van der Waals surface area contributed by atoms with Crippen LogP contribution in [0.15, 0.2) is 103 Å². The van der Waals surface area contributed by atoms with Gasteiger partial charge in [0.05, 0.1) is 31.2 Å². The predicted octanol–water partition coefficient (Wildman–Crippen LogP) is 7.18. The Balaban J connectivity index is 1.13. The van der Waals surface area contributed by atoms with Crippen LogP contribution in [0.1, 0.15) is 33.2 Å². The van der Waals surface area contributed by atoms with E-state index in [0.29, 0.717) is 61.1 Å². The number of carbonyl (C=O) groups excluding carboxylic acids is 2. The van der Waals surface area contributed by atoms with Gasteiger partial charge in [-0.25, -0.2) is 4.68 Å². The minimum absolute atomic E-state index is 0.0686. The summed E-state index contributed by atoms with van der Waals surface area (Å²) < 4.78 is 54.1. The van der Waals surface area contributed by atoms with Crippen LogP contribution in [0.5, 0.6) is 11.5 Å². The Labute approximate surface area is 281 Å². The summed E-state index contributed by atoms with van der Waals surface area (Å²) in [5.74, 6) is 0.613. The van der Waals surface area contributed by atoms with E-state index in [1.54, 1.807) is 60.8 Å². The molecule has 0 radical (unpaired) electrons. The number of nitrogens with one attached hydrogen (secondary N) is 1. The molecule has 4 aromatic carbocycles. The number of ether oxygens (including phenoxy) is 2. The maximum Gasteiger partial charge on any atom is 0.416 e. The van der Waals surface area contributed by atoms with Crippen LogP contribution in [0, 0.1) is 0 Å². The molecule has 9 nitrogen and oxygen atoms in total. The lowest BCUT2D eigenvalue weighted by Crippen LogP contribution is -2.48. The van der Waals surface area contributed by atoms with Gasteiger partial charge in [-0.15, -0.1) is 0 Å². The summed E-state index contributed by atoms with van der Waals surface area (Å²) in [6.45, 7) is 3.94. The molecular formula is C37H34F3N5O4. The fourth-order valence-electron chi connectivity index (χ4n) is 5.63. The van der Waals surface area contributed by atoms with Gasteiger partial charge in [0, 0.05) is 60.4 Å². The number of amides is 2.